The van der Waals surface area contributed by atoms with Gasteiger partial charge in [-0.25, -0.2) is 8.42 Å². The van der Waals surface area contributed by atoms with Gasteiger partial charge in [-0.15, -0.1) is 0 Å². The van der Waals surface area contributed by atoms with Crippen molar-refractivity contribution in [3.8, 4) is 22.7 Å². The Morgan fingerprint density at radius 2 is 1.57 bits per heavy atom. The molecule has 0 radical (unpaired) electrons. The molecule has 0 saturated heterocycles. The van der Waals surface area contributed by atoms with E-state index >= 15 is 0 Å². The molecular formula is C18H12F6N2O3S. The number of halogens is 6. The van der Waals surface area contributed by atoms with Gasteiger partial charge in [0.05, 0.1) is 21.8 Å². The van der Waals surface area contributed by atoms with E-state index in [0.717, 1.165) is 6.07 Å². The largest absolute Gasteiger partial charge is 0.416 e. The van der Waals surface area contributed by atoms with Gasteiger partial charge in [0.1, 0.15) is 11.4 Å². The average Bonchev–Trinajstić information content (AvgIpc) is 3.16. The Hall–Kier alpha value is -2.89. The summed E-state index contributed by atoms with van der Waals surface area (Å²) in [6, 6.07) is 4.65. The predicted molar refractivity (Wildman–Crippen MR) is 92.9 cm³/mol. The van der Waals surface area contributed by atoms with Crippen LogP contribution in [0.1, 0.15) is 18.1 Å². The Labute approximate surface area is 166 Å². The number of benzene rings is 1. The zero-order valence-corrected chi connectivity index (χ0v) is 15.9. The Morgan fingerprint density at radius 3 is 2.10 bits per heavy atom. The zero-order chi connectivity index (χ0) is 22.3. The molecule has 12 heteroatoms. The van der Waals surface area contributed by atoms with Crippen LogP contribution in [-0.2, 0) is 22.2 Å². The van der Waals surface area contributed by atoms with E-state index in [0.29, 0.717) is 12.1 Å². The van der Waals surface area contributed by atoms with Crippen molar-refractivity contribution in [2.45, 2.75) is 24.2 Å². The molecule has 1 aromatic carbocycles. The molecule has 0 N–H and O–H groups in total. The van der Waals surface area contributed by atoms with Gasteiger partial charge in [0.25, 0.3) is 0 Å². The van der Waals surface area contributed by atoms with Crippen molar-refractivity contribution in [1.29, 1.82) is 0 Å². The van der Waals surface area contributed by atoms with Gasteiger partial charge in [-0.05, 0) is 30.3 Å². The lowest BCUT2D eigenvalue weighted by atomic mass is 10.0. The summed E-state index contributed by atoms with van der Waals surface area (Å²) in [5.41, 5.74) is -4.01. The number of pyridine rings is 1. The fraction of sp³-hybridized carbons (Fsp3) is 0.222. The Balaban J connectivity index is 2.15. The minimum Gasteiger partial charge on any atom is -0.354 e. The van der Waals surface area contributed by atoms with E-state index in [9.17, 15) is 34.8 Å². The second-order valence-corrected chi connectivity index (χ2v) is 8.37. The topological polar surface area (TPSA) is 73.1 Å². The predicted octanol–water partition coefficient (Wildman–Crippen LogP) is 5.23. The van der Waals surface area contributed by atoms with Crippen LogP contribution in [0.5, 0.6) is 0 Å². The van der Waals surface area contributed by atoms with E-state index in [2.05, 4.69) is 10.1 Å². The molecule has 0 fully saturated rings. The smallest absolute Gasteiger partial charge is 0.354 e. The molecule has 0 atom stereocenters. The summed E-state index contributed by atoms with van der Waals surface area (Å²) in [5.74, 6) is -0.474. The van der Waals surface area contributed by atoms with Crippen LogP contribution in [0.15, 0.2) is 52.0 Å². The number of nitrogens with zero attached hydrogens (tertiary/aromatic N) is 2. The van der Waals surface area contributed by atoms with Crippen molar-refractivity contribution in [3.05, 3.63) is 53.7 Å². The number of alkyl halides is 6. The first-order valence-electron chi connectivity index (χ1n) is 8.27. The van der Waals surface area contributed by atoms with Crippen molar-refractivity contribution < 1.29 is 39.3 Å². The molecule has 0 aliphatic carbocycles. The van der Waals surface area contributed by atoms with E-state index in [1.165, 1.54) is 25.3 Å². The number of rotatable bonds is 4. The lowest BCUT2D eigenvalue weighted by molar-refractivity contribution is -0.143. The second kappa shape index (κ2) is 7.42. The maximum atomic E-state index is 13.1. The lowest BCUT2D eigenvalue weighted by Crippen LogP contribution is -2.11. The first-order chi connectivity index (χ1) is 13.8. The molecule has 0 spiro atoms. The van der Waals surface area contributed by atoms with Crippen LogP contribution in [-0.4, -0.2) is 24.3 Å². The lowest BCUT2D eigenvalue weighted by Gasteiger charge is -2.13. The first-order valence-corrected chi connectivity index (χ1v) is 9.93. The van der Waals surface area contributed by atoms with Crippen LogP contribution in [0.3, 0.4) is 0 Å². The zero-order valence-electron chi connectivity index (χ0n) is 15.0. The fourth-order valence-corrected chi connectivity index (χ4v) is 3.65. The van der Waals surface area contributed by atoms with Gasteiger partial charge in [0.2, 0.25) is 0 Å². The molecule has 3 rings (SSSR count). The van der Waals surface area contributed by atoms with Crippen molar-refractivity contribution in [1.82, 2.24) is 10.1 Å². The van der Waals surface area contributed by atoms with E-state index in [1.54, 1.807) is 0 Å². The summed E-state index contributed by atoms with van der Waals surface area (Å²) in [6.07, 6.45) is -8.78. The van der Waals surface area contributed by atoms with E-state index in [-0.39, 0.29) is 33.9 Å². The summed E-state index contributed by atoms with van der Waals surface area (Å²) in [4.78, 5) is 3.71. The van der Waals surface area contributed by atoms with Gasteiger partial charge in [0.15, 0.2) is 15.6 Å². The third-order valence-corrected chi connectivity index (χ3v) is 5.87. The SMILES string of the molecule is CCS(=O)(=O)c1cccnc1-c1cc(-c2cc(C(F)(F)F)cc(C(F)(F)F)c2)no1. The normalized spacial score (nSPS) is 12.9. The van der Waals surface area contributed by atoms with Crippen molar-refractivity contribution >= 4 is 9.84 Å². The summed E-state index contributed by atoms with van der Waals surface area (Å²) in [5, 5.41) is 3.51. The first kappa shape index (κ1) is 21.8. The molecule has 0 unspecified atom stereocenters. The van der Waals surface area contributed by atoms with Crippen molar-refractivity contribution in [2.75, 3.05) is 5.75 Å². The summed E-state index contributed by atoms with van der Waals surface area (Å²) >= 11 is 0. The average molecular weight is 450 g/mol. The maximum Gasteiger partial charge on any atom is 0.416 e. The minimum atomic E-state index is -5.02. The molecule has 2 aromatic heterocycles. The van der Waals surface area contributed by atoms with Crippen LogP contribution in [0, 0.1) is 0 Å². The molecular weight excluding hydrogens is 438 g/mol. The van der Waals surface area contributed by atoms with E-state index in [4.69, 9.17) is 4.52 Å². The number of hydrogen-bond acceptors (Lipinski definition) is 5. The third-order valence-electron chi connectivity index (χ3n) is 4.11. The third kappa shape index (κ3) is 4.32. The number of hydrogen-bond donors (Lipinski definition) is 0. The monoisotopic (exact) mass is 450 g/mol. The molecule has 0 aliphatic rings. The summed E-state index contributed by atoms with van der Waals surface area (Å²) in [7, 11) is -3.73. The van der Waals surface area contributed by atoms with Crippen LogP contribution < -0.4 is 0 Å². The van der Waals surface area contributed by atoms with Gasteiger partial charge in [-0.1, -0.05) is 12.1 Å². The molecule has 0 saturated carbocycles. The van der Waals surface area contributed by atoms with Crippen LogP contribution in [0.2, 0.25) is 0 Å². The highest BCUT2D eigenvalue weighted by Gasteiger charge is 2.37. The number of aromatic nitrogens is 2. The second-order valence-electron chi connectivity index (χ2n) is 6.12. The fourth-order valence-electron chi connectivity index (χ4n) is 2.61. The molecule has 160 valence electrons. The van der Waals surface area contributed by atoms with Gasteiger partial charge in [0, 0.05) is 17.8 Å². The summed E-state index contributed by atoms with van der Waals surface area (Å²) in [6.45, 7) is 1.40. The van der Waals surface area contributed by atoms with E-state index in [1.807, 2.05) is 0 Å². The Bertz CT molecular complexity index is 1150. The summed E-state index contributed by atoms with van der Waals surface area (Å²) < 4.78 is 108. The van der Waals surface area contributed by atoms with Gasteiger partial charge < -0.3 is 4.52 Å². The number of sulfone groups is 1. The molecule has 0 aliphatic heterocycles. The minimum absolute atomic E-state index is 0.00479. The Kier molecular flexibility index (Phi) is 5.39. The highest BCUT2D eigenvalue weighted by molar-refractivity contribution is 7.91. The van der Waals surface area contributed by atoms with Crippen LogP contribution in [0.25, 0.3) is 22.7 Å². The van der Waals surface area contributed by atoms with Gasteiger partial charge in [-0.2, -0.15) is 26.3 Å². The molecule has 30 heavy (non-hydrogen) atoms. The molecule has 0 amide bonds. The van der Waals surface area contributed by atoms with Gasteiger partial charge >= 0.3 is 12.4 Å². The van der Waals surface area contributed by atoms with Crippen molar-refractivity contribution in [2.24, 2.45) is 0 Å². The standard InChI is InChI=1S/C18H12F6N2O3S/c1-2-30(27,28)15-4-3-5-25-16(15)14-9-13(26-29-14)10-6-11(17(19,20)21)8-12(7-10)18(22,23)24/h3-9H,2H2,1H3. The maximum absolute atomic E-state index is 13.1. The van der Waals surface area contributed by atoms with E-state index < -0.39 is 38.9 Å². The molecule has 3 aromatic rings. The molecule has 2 heterocycles. The van der Waals surface area contributed by atoms with Crippen LogP contribution in [0.4, 0.5) is 26.3 Å². The van der Waals surface area contributed by atoms with Crippen molar-refractivity contribution in [3.63, 3.8) is 0 Å². The van der Waals surface area contributed by atoms with Crippen LogP contribution >= 0.6 is 0 Å². The Morgan fingerprint density at radius 1 is 0.967 bits per heavy atom. The van der Waals surface area contributed by atoms with Gasteiger partial charge in [-0.3, -0.25) is 4.98 Å². The molecule has 0 bridgehead atoms. The molecule has 5 nitrogen and oxygen atoms in total. The highest BCUT2D eigenvalue weighted by Crippen LogP contribution is 2.39. The highest BCUT2D eigenvalue weighted by atomic mass is 32.2. The quantitative estimate of drug-likeness (QED) is 0.509.